The molecule has 246 valence electrons. The van der Waals surface area contributed by atoms with E-state index in [1.54, 1.807) is 19.1 Å². The van der Waals surface area contributed by atoms with Crippen molar-refractivity contribution in [1.29, 1.82) is 0 Å². The molecule has 0 saturated carbocycles. The third-order valence-corrected chi connectivity index (χ3v) is 5.94. The molecule has 2 rings (SSSR count). The number of nitrogens with one attached hydrogen (secondary N) is 3. The molecule has 0 aliphatic carbocycles. The maximum absolute atomic E-state index is 11.8. The number of aliphatic hydroxyl groups is 2. The molecule has 0 spiro atoms. The minimum atomic E-state index is -1.06. The summed E-state index contributed by atoms with van der Waals surface area (Å²) in [6, 6.07) is 17.4. The molecule has 0 aliphatic rings. The van der Waals surface area contributed by atoms with Crippen molar-refractivity contribution >= 4 is 17.8 Å². The number of ether oxygens (including phenoxy) is 1. The molecule has 12 heteroatoms. The van der Waals surface area contributed by atoms with Crippen LogP contribution < -0.4 is 50.6 Å². The Kier molecular flexibility index (Phi) is 26.9. The van der Waals surface area contributed by atoms with Gasteiger partial charge in [0, 0.05) is 57.9 Å². The summed E-state index contributed by atoms with van der Waals surface area (Å²) in [5.74, 6) is -1.34. The normalized spacial score (nSPS) is 11.6. The number of rotatable bonds is 16. The van der Waals surface area contributed by atoms with Gasteiger partial charge in [-0.05, 0) is 56.4 Å². The van der Waals surface area contributed by atoms with Crippen LogP contribution >= 0.6 is 0 Å². The summed E-state index contributed by atoms with van der Waals surface area (Å²) < 4.78 is 4.86. The van der Waals surface area contributed by atoms with Crippen molar-refractivity contribution in [2.75, 3.05) is 40.6 Å². The number of aliphatic hydroxyl groups excluding tert-OH is 2. The van der Waals surface area contributed by atoms with Gasteiger partial charge in [-0.1, -0.05) is 55.8 Å². The summed E-state index contributed by atoms with van der Waals surface area (Å²) in [6.07, 6.45) is 3.55. The van der Waals surface area contributed by atoms with Gasteiger partial charge in [0.2, 0.25) is 5.91 Å². The molecule has 2 atom stereocenters. The third-order valence-electron chi connectivity index (χ3n) is 5.94. The van der Waals surface area contributed by atoms with Gasteiger partial charge in [0.25, 0.3) is 5.91 Å². The zero-order chi connectivity index (χ0) is 33.3. The first-order valence-electron chi connectivity index (χ1n) is 14.8. The average Bonchev–Trinajstić information content (AvgIpc) is 2.99. The van der Waals surface area contributed by atoms with Crippen LogP contribution in [0.1, 0.15) is 63.7 Å². The molecule has 0 fully saturated rings. The van der Waals surface area contributed by atoms with Crippen LogP contribution in [0.3, 0.4) is 0 Å². The summed E-state index contributed by atoms with van der Waals surface area (Å²) >= 11 is 0. The van der Waals surface area contributed by atoms with E-state index in [2.05, 4.69) is 16.0 Å². The fourth-order valence-electron chi connectivity index (χ4n) is 3.67. The molecule has 2 unspecified atom stereocenters. The molecular weight excluding hydrogens is 587 g/mol. The van der Waals surface area contributed by atoms with Crippen LogP contribution in [0.25, 0.3) is 11.1 Å². The van der Waals surface area contributed by atoms with Crippen molar-refractivity contribution in [1.82, 2.24) is 20.9 Å². The molecular formula is C33H51N4NaO7. The second-order valence-corrected chi connectivity index (χ2v) is 10.2. The van der Waals surface area contributed by atoms with Gasteiger partial charge in [-0.15, -0.1) is 0 Å². The van der Waals surface area contributed by atoms with Gasteiger partial charge in [-0.2, -0.15) is 0 Å². The number of amides is 2. The van der Waals surface area contributed by atoms with E-state index in [0.717, 1.165) is 36.2 Å². The van der Waals surface area contributed by atoms with E-state index in [1.807, 2.05) is 81.5 Å². The van der Waals surface area contributed by atoms with Crippen LogP contribution in [0, 0.1) is 0 Å². The first-order chi connectivity index (χ1) is 20.9. The fourth-order valence-corrected chi connectivity index (χ4v) is 3.67. The molecule has 0 aromatic heterocycles. The van der Waals surface area contributed by atoms with E-state index < -0.39 is 12.1 Å². The SMILES string of the molecule is CC(O)CNC(=O)c1ccc(-c2ccccc2)cc1.CCCC(CCC(=O)[O-])NC(C)=O.CCN/C=C(/COCO)N(C)C.[Na+]. The van der Waals surface area contributed by atoms with Gasteiger partial charge in [0.15, 0.2) is 0 Å². The first-order valence-corrected chi connectivity index (χ1v) is 14.8. The topological polar surface area (TPSA) is 163 Å². The third kappa shape index (κ3) is 23.1. The van der Waals surface area contributed by atoms with E-state index >= 15 is 0 Å². The summed E-state index contributed by atoms with van der Waals surface area (Å²) in [6.45, 7) is 8.43. The van der Waals surface area contributed by atoms with Crippen LogP contribution in [-0.4, -0.2) is 85.6 Å². The van der Waals surface area contributed by atoms with Gasteiger partial charge in [-0.25, -0.2) is 0 Å². The van der Waals surface area contributed by atoms with Crippen LogP contribution in [0.5, 0.6) is 0 Å². The van der Waals surface area contributed by atoms with E-state index in [-0.39, 0.29) is 67.2 Å². The van der Waals surface area contributed by atoms with E-state index in [4.69, 9.17) is 14.9 Å². The molecule has 0 aliphatic heterocycles. The molecule has 5 N–H and O–H groups in total. The Morgan fingerprint density at radius 2 is 1.60 bits per heavy atom. The number of carbonyl (C=O) groups excluding carboxylic acids is 3. The van der Waals surface area contributed by atoms with Crippen molar-refractivity contribution in [2.24, 2.45) is 0 Å². The number of hydrogen-bond acceptors (Lipinski definition) is 9. The number of hydrogen-bond donors (Lipinski definition) is 5. The van der Waals surface area contributed by atoms with Crippen molar-refractivity contribution in [3.63, 3.8) is 0 Å². The molecule has 2 aromatic rings. The largest absolute Gasteiger partial charge is 1.00 e. The predicted octanol–water partition coefficient (Wildman–Crippen LogP) is -0.745. The molecule has 2 aromatic carbocycles. The molecule has 2 amide bonds. The number of likely N-dealkylation sites (N-methyl/N-ethyl adjacent to an activating group) is 1. The Hall–Kier alpha value is -2.93. The zero-order valence-corrected chi connectivity index (χ0v) is 30.0. The number of benzene rings is 2. The van der Waals surface area contributed by atoms with Crippen LogP contribution in [-0.2, 0) is 14.3 Å². The van der Waals surface area contributed by atoms with Gasteiger partial charge in [-0.3, -0.25) is 9.59 Å². The molecule has 0 bridgehead atoms. The maximum atomic E-state index is 11.8. The maximum Gasteiger partial charge on any atom is 1.00 e. The van der Waals surface area contributed by atoms with Crippen molar-refractivity contribution in [2.45, 2.75) is 65.5 Å². The standard InChI is InChI=1S/C16H17NO2.C9H17NO3.C8H18N2O2.Na/c1-12(18)11-17-16(19)15-9-7-14(8-10-15)13-5-3-2-4-6-13;1-3-4-8(10-7(2)11)5-6-9(12)13;1-4-9-5-8(10(2)3)6-12-7-11;/h2-10,12,18H,11H2,1H3,(H,17,19);8H,3-6H2,1-2H3,(H,10,11)(H,12,13);5,9,11H,4,6-7H2,1-3H3;/q;;;+1/p-1/b;;8-5-;. The molecule has 0 saturated heterocycles. The second kappa shape index (κ2) is 27.4. The quantitative estimate of drug-likeness (QED) is 0.118. The Balaban J connectivity index is 0. The van der Waals surface area contributed by atoms with Crippen molar-refractivity contribution < 1.29 is 64.0 Å². The minimum absolute atomic E-state index is 0. The Morgan fingerprint density at radius 1 is 1.00 bits per heavy atom. The zero-order valence-electron chi connectivity index (χ0n) is 28.0. The second-order valence-electron chi connectivity index (χ2n) is 10.2. The summed E-state index contributed by atoms with van der Waals surface area (Å²) in [5, 5.41) is 36.2. The number of carboxylic acids is 1. The van der Waals surface area contributed by atoms with Crippen LogP contribution in [0.4, 0.5) is 0 Å². The van der Waals surface area contributed by atoms with Crippen LogP contribution in [0.2, 0.25) is 0 Å². The molecule has 11 nitrogen and oxygen atoms in total. The Morgan fingerprint density at radius 3 is 2.07 bits per heavy atom. The van der Waals surface area contributed by atoms with Gasteiger partial charge in [0.1, 0.15) is 6.79 Å². The summed E-state index contributed by atoms with van der Waals surface area (Å²) in [4.78, 5) is 34.6. The summed E-state index contributed by atoms with van der Waals surface area (Å²) in [7, 11) is 3.87. The predicted molar refractivity (Wildman–Crippen MR) is 171 cm³/mol. The molecule has 0 heterocycles. The van der Waals surface area contributed by atoms with Crippen LogP contribution in [0.15, 0.2) is 66.5 Å². The van der Waals surface area contributed by atoms with Crippen molar-refractivity contribution in [3.05, 3.63) is 72.1 Å². The first kappa shape index (κ1) is 44.2. The molecule has 0 radical (unpaired) electrons. The minimum Gasteiger partial charge on any atom is -0.550 e. The van der Waals surface area contributed by atoms with E-state index in [0.29, 0.717) is 18.6 Å². The van der Waals surface area contributed by atoms with Gasteiger partial charge < -0.3 is 45.7 Å². The van der Waals surface area contributed by atoms with E-state index in [1.165, 1.54) is 6.92 Å². The average molecular weight is 639 g/mol. The van der Waals surface area contributed by atoms with Crippen molar-refractivity contribution in [3.8, 4) is 11.1 Å². The molecule has 45 heavy (non-hydrogen) atoms. The fraction of sp³-hybridized carbons (Fsp3) is 0.485. The smallest absolute Gasteiger partial charge is 0.550 e. The van der Waals surface area contributed by atoms with E-state index in [9.17, 15) is 19.5 Å². The van der Waals surface area contributed by atoms with Gasteiger partial charge >= 0.3 is 29.6 Å². The Bertz CT molecular complexity index is 1100. The van der Waals surface area contributed by atoms with Gasteiger partial charge in [0.05, 0.1) is 18.4 Å². The number of nitrogens with zero attached hydrogens (tertiary/aromatic N) is 1. The summed E-state index contributed by atoms with van der Waals surface area (Å²) in [5.41, 5.74) is 3.80. The Labute approximate surface area is 290 Å². The number of aliphatic carboxylic acids is 1. The number of carbonyl (C=O) groups is 3. The monoisotopic (exact) mass is 638 g/mol. The number of carboxylic acid groups (broad SMARTS) is 1.